The summed E-state index contributed by atoms with van der Waals surface area (Å²) in [4.78, 5) is 11.9. The fourth-order valence-electron chi connectivity index (χ4n) is 2.74. The van der Waals surface area contributed by atoms with E-state index in [1.807, 2.05) is 36.4 Å². The van der Waals surface area contributed by atoms with Crippen molar-refractivity contribution in [2.24, 2.45) is 0 Å². The Morgan fingerprint density at radius 3 is 2.75 bits per heavy atom. The van der Waals surface area contributed by atoms with Gasteiger partial charge in [-0.3, -0.25) is 0 Å². The van der Waals surface area contributed by atoms with Crippen LogP contribution >= 0.6 is 15.9 Å². The standard InChI is InChI=1S/C16H17BrN2O/c17-15-7-3-4-11-10-13(8-9-14(11)15)19-16(20)18-12-5-1-2-6-12/h3-4,7-10,12H,1-2,5-6H2,(H2,18,19,20). The number of benzene rings is 2. The van der Waals surface area contributed by atoms with Gasteiger partial charge >= 0.3 is 6.03 Å². The van der Waals surface area contributed by atoms with E-state index in [9.17, 15) is 4.79 Å². The number of hydrogen-bond acceptors (Lipinski definition) is 1. The van der Waals surface area contributed by atoms with E-state index in [2.05, 4.69) is 26.6 Å². The Morgan fingerprint density at radius 1 is 1.15 bits per heavy atom. The van der Waals surface area contributed by atoms with Crippen molar-refractivity contribution in [2.45, 2.75) is 31.7 Å². The largest absolute Gasteiger partial charge is 0.335 e. The maximum Gasteiger partial charge on any atom is 0.319 e. The monoisotopic (exact) mass is 332 g/mol. The van der Waals surface area contributed by atoms with Crippen molar-refractivity contribution in [3.63, 3.8) is 0 Å². The summed E-state index contributed by atoms with van der Waals surface area (Å²) in [6.07, 6.45) is 4.63. The molecule has 1 aliphatic carbocycles. The van der Waals surface area contributed by atoms with Crippen LogP contribution in [-0.2, 0) is 0 Å². The summed E-state index contributed by atoms with van der Waals surface area (Å²) in [7, 11) is 0. The van der Waals surface area contributed by atoms with Gasteiger partial charge in [-0.05, 0) is 41.8 Å². The molecular weight excluding hydrogens is 316 g/mol. The lowest BCUT2D eigenvalue weighted by molar-refractivity contribution is 0.248. The highest BCUT2D eigenvalue weighted by atomic mass is 79.9. The number of anilines is 1. The minimum atomic E-state index is -0.105. The lowest BCUT2D eigenvalue weighted by atomic mass is 10.1. The molecule has 0 unspecified atom stereocenters. The van der Waals surface area contributed by atoms with E-state index in [0.29, 0.717) is 6.04 Å². The second-order valence-corrected chi connectivity index (χ2v) is 6.11. The molecule has 2 amide bonds. The van der Waals surface area contributed by atoms with Gasteiger partial charge in [0, 0.05) is 16.2 Å². The Hall–Kier alpha value is -1.55. The van der Waals surface area contributed by atoms with Crippen LogP contribution in [0.4, 0.5) is 10.5 Å². The predicted octanol–water partition coefficient (Wildman–Crippen LogP) is 4.67. The Morgan fingerprint density at radius 2 is 1.95 bits per heavy atom. The third-order valence-electron chi connectivity index (χ3n) is 3.78. The molecule has 2 N–H and O–H groups in total. The van der Waals surface area contributed by atoms with Crippen LogP contribution in [0.5, 0.6) is 0 Å². The van der Waals surface area contributed by atoms with Gasteiger partial charge in [-0.1, -0.05) is 47.0 Å². The van der Waals surface area contributed by atoms with Crippen molar-refractivity contribution in [1.29, 1.82) is 0 Å². The van der Waals surface area contributed by atoms with Gasteiger partial charge in [-0.25, -0.2) is 4.79 Å². The summed E-state index contributed by atoms with van der Waals surface area (Å²) in [6, 6.07) is 12.2. The normalized spacial score (nSPS) is 15.4. The fourth-order valence-corrected chi connectivity index (χ4v) is 3.26. The Kier molecular flexibility index (Phi) is 3.92. The van der Waals surface area contributed by atoms with Gasteiger partial charge < -0.3 is 10.6 Å². The van der Waals surface area contributed by atoms with Crippen LogP contribution < -0.4 is 10.6 Å². The van der Waals surface area contributed by atoms with Crippen molar-refractivity contribution < 1.29 is 4.79 Å². The van der Waals surface area contributed by atoms with Crippen molar-refractivity contribution >= 4 is 38.4 Å². The minimum absolute atomic E-state index is 0.105. The number of carbonyl (C=O) groups excluding carboxylic acids is 1. The van der Waals surface area contributed by atoms with Crippen LogP contribution in [0.2, 0.25) is 0 Å². The highest BCUT2D eigenvalue weighted by molar-refractivity contribution is 9.10. The van der Waals surface area contributed by atoms with E-state index >= 15 is 0 Å². The number of nitrogens with one attached hydrogen (secondary N) is 2. The lowest BCUT2D eigenvalue weighted by Crippen LogP contribution is -2.36. The second-order valence-electron chi connectivity index (χ2n) is 5.26. The number of rotatable bonds is 2. The van der Waals surface area contributed by atoms with Gasteiger partial charge in [0.15, 0.2) is 0 Å². The third kappa shape index (κ3) is 2.96. The second kappa shape index (κ2) is 5.83. The average Bonchev–Trinajstić information content (AvgIpc) is 2.91. The Bertz CT molecular complexity index is 635. The van der Waals surface area contributed by atoms with Crippen molar-refractivity contribution in [3.8, 4) is 0 Å². The zero-order valence-electron chi connectivity index (χ0n) is 11.2. The van der Waals surface area contributed by atoms with E-state index < -0.39 is 0 Å². The van der Waals surface area contributed by atoms with Crippen LogP contribution in [0.3, 0.4) is 0 Å². The molecule has 0 aromatic heterocycles. The highest BCUT2D eigenvalue weighted by Gasteiger charge is 2.16. The average molecular weight is 333 g/mol. The molecule has 3 rings (SSSR count). The summed E-state index contributed by atoms with van der Waals surface area (Å²) < 4.78 is 1.07. The quantitative estimate of drug-likeness (QED) is 0.824. The summed E-state index contributed by atoms with van der Waals surface area (Å²) in [5, 5.41) is 8.20. The maximum absolute atomic E-state index is 11.9. The van der Waals surface area contributed by atoms with Crippen LogP contribution in [0.1, 0.15) is 25.7 Å². The molecule has 0 radical (unpaired) electrons. The number of halogens is 1. The summed E-state index contributed by atoms with van der Waals surface area (Å²) in [5.74, 6) is 0. The minimum Gasteiger partial charge on any atom is -0.335 e. The van der Waals surface area contributed by atoms with E-state index in [1.165, 1.54) is 12.8 Å². The number of hydrogen-bond donors (Lipinski definition) is 2. The van der Waals surface area contributed by atoms with Crippen molar-refractivity contribution in [3.05, 3.63) is 40.9 Å². The molecule has 20 heavy (non-hydrogen) atoms. The molecular formula is C16H17BrN2O. The molecule has 0 saturated heterocycles. The molecule has 0 aliphatic heterocycles. The first-order valence-electron chi connectivity index (χ1n) is 6.98. The first kappa shape index (κ1) is 13.4. The zero-order valence-corrected chi connectivity index (χ0v) is 12.7. The number of fused-ring (bicyclic) bond motifs is 1. The molecule has 1 fully saturated rings. The predicted molar refractivity (Wildman–Crippen MR) is 86.1 cm³/mol. The SMILES string of the molecule is O=C(Nc1ccc2c(Br)cccc2c1)NC1CCCC1. The molecule has 3 nitrogen and oxygen atoms in total. The van der Waals surface area contributed by atoms with E-state index in [-0.39, 0.29) is 6.03 Å². The molecule has 0 spiro atoms. The van der Waals surface area contributed by atoms with Crippen molar-refractivity contribution in [2.75, 3.05) is 5.32 Å². The Labute approximate surface area is 126 Å². The molecule has 0 atom stereocenters. The molecule has 2 aromatic rings. The van der Waals surface area contributed by atoms with Crippen LogP contribution in [-0.4, -0.2) is 12.1 Å². The van der Waals surface area contributed by atoms with Crippen LogP contribution in [0, 0.1) is 0 Å². The Balaban J connectivity index is 1.72. The van der Waals surface area contributed by atoms with Crippen molar-refractivity contribution in [1.82, 2.24) is 5.32 Å². The molecule has 104 valence electrons. The van der Waals surface area contributed by atoms with Crippen LogP contribution in [0.25, 0.3) is 10.8 Å². The van der Waals surface area contributed by atoms with Gasteiger partial charge in [-0.2, -0.15) is 0 Å². The number of carbonyl (C=O) groups is 1. The third-order valence-corrected chi connectivity index (χ3v) is 4.47. The van der Waals surface area contributed by atoms with Gasteiger partial charge in [-0.15, -0.1) is 0 Å². The topological polar surface area (TPSA) is 41.1 Å². The first-order chi connectivity index (χ1) is 9.72. The highest BCUT2D eigenvalue weighted by Crippen LogP contribution is 2.26. The molecule has 1 aliphatic rings. The van der Waals surface area contributed by atoms with E-state index in [4.69, 9.17) is 0 Å². The van der Waals surface area contributed by atoms with Gasteiger partial charge in [0.1, 0.15) is 0 Å². The van der Waals surface area contributed by atoms with Gasteiger partial charge in [0.25, 0.3) is 0 Å². The molecule has 4 heteroatoms. The summed E-state index contributed by atoms with van der Waals surface area (Å²) in [5.41, 5.74) is 0.825. The molecule has 0 bridgehead atoms. The van der Waals surface area contributed by atoms with E-state index in [1.54, 1.807) is 0 Å². The summed E-state index contributed by atoms with van der Waals surface area (Å²) in [6.45, 7) is 0. The molecule has 0 heterocycles. The smallest absolute Gasteiger partial charge is 0.319 e. The van der Waals surface area contributed by atoms with Gasteiger partial charge in [0.05, 0.1) is 0 Å². The van der Waals surface area contributed by atoms with Crippen LogP contribution in [0.15, 0.2) is 40.9 Å². The first-order valence-corrected chi connectivity index (χ1v) is 7.77. The molecule has 2 aromatic carbocycles. The maximum atomic E-state index is 11.9. The lowest BCUT2D eigenvalue weighted by Gasteiger charge is -2.13. The molecule has 1 saturated carbocycles. The fraction of sp³-hybridized carbons (Fsp3) is 0.312. The van der Waals surface area contributed by atoms with E-state index in [0.717, 1.165) is 33.8 Å². The number of urea groups is 1. The zero-order chi connectivity index (χ0) is 13.9. The number of amides is 2. The van der Waals surface area contributed by atoms with Gasteiger partial charge in [0.2, 0.25) is 0 Å². The summed E-state index contributed by atoms with van der Waals surface area (Å²) >= 11 is 3.53.